The van der Waals surface area contributed by atoms with Gasteiger partial charge in [-0.05, 0) is 75.2 Å². The molecule has 0 aliphatic heterocycles. The Bertz CT molecular complexity index is 1430. The minimum atomic E-state index is -4.12. The van der Waals surface area contributed by atoms with E-state index in [1.54, 1.807) is 68.6 Å². The first-order valence-electron chi connectivity index (χ1n) is 13.0. The minimum absolute atomic E-state index is 0.0628. The molecule has 214 valence electrons. The number of methoxy groups -OCH3 is 1. The number of benzene rings is 3. The van der Waals surface area contributed by atoms with E-state index >= 15 is 0 Å². The Morgan fingerprint density at radius 3 is 2.30 bits per heavy atom. The van der Waals surface area contributed by atoms with E-state index in [2.05, 4.69) is 21.2 Å². The van der Waals surface area contributed by atoms with Crippen LogP contribution in [-0.4, -0.2) is 50.9 Å². The van der Waals surface area contributed by atoms with Crippen molar-refractivity contribution >= 4 is 43.5 Å². The zero-order chi connectivity index (χ0) is 29.4. The second-order valence-corrected chi connectivity index (χ2v) is 12.4. The van der Waals surface area contributed by atoms with Gasteiger partial charge in [0.05, 0.1) is 17.7 Å². The molecule has 0 aliphatic carbocycles. The highest BCUT2D eigenvalue weighted by Crippen LogP contribution is 2.27. The van der Waals surface area contributed by atoms with Gasteiger partial charge in [0.1, 0.15) is 18.3 Å². The van der Waals surface area contributed by atoms with Gasteiger partial charge in [-0.1, -0.05) is 58.7 Å². The van der Waals surface area contributed by atoms with Crippen molar-refractivity contribution in [3.8, 4) is 5.75 Å². The summed E-state index contributed by atoms with van der Waals surface area (Å²) in [5.41, 5.74) is 1.97. The number of ether oxygens (including phenoxy) is 1. The largest absolute Gasteiger partial charge is 0.497 e. The maximum atomic E-state index is 14.0. The van der Waals surface area contributed by atoms with E-state index in [1.807, 2.05) is 26.8 Å². The molecule has 0 bridgehead atoms. The van der Waals surface area contributed by atoms with Crippen LogP contribution in [0.2, 0.25) is 0 Å². The summed E-state index contributed by atoms with van der Waals surface area (Å²) in [4.78, 5) is 28.6. The number of sulfonamides is 1. The molecule has 0 radical (unpaired) electrons. The average Bonchev–Trinajstić information content (AvgIpc) is 2.94. The van der Waals surface area contributed by atoms with Gasteiger partial charge in [0.2, 0.25) is 11.8 Å². The maximum Gasteiger partial charge on any atom is 0.264 e. The number of nitrogens with zero attached hydrogens (tertiary/aromatic N) is 2. The monoisotopic (exact) mass is 629 g/mol. The predicted molar refractivity (Wildman–Crippen MR) is 161 cm³/mol. The van der Waals surface area contributed by atoms with Gasteiger partial charge in [-0.15, -0.1) is 0 Å². The van der Waals surface area contributed by atoms with E-state index in [4.69, 9.17) is 4.74 Å². The van der Waals surface area contributed by atoms with Crippen LogP contribution in [0.5, 0.6) is 5.75 Å². The van der Waals surface area contributed by atoms with Crippen molar-refractivity contribution < 1.29 is 22.7 Å². The van der Waals surface area contributed by atoms with Gasteiger partial charge in [-0.3, -0.25) is 13.9 Å². The van der Waals surface area contributed by atoms with Gasteiger partial charge in [0, 0.05) is 17.1 Å². The molecule has 3 aromatic carbocycles. The van der Waals surface area contributed by atoms with Gasteiger partial charge >= 0.3 is 0 Å². The number of nitrogens with one attached hydrogen (secondary N) is 1. The first-order chi connectivity index (χ1) is 19.0. The fourth-order valence-electron chi connectivity index (χ4n) is 4.01. The Hall–Kier alpha value is -3.37. The molecule has 0 spiro atoms. The van der Waals surface area contributed by atoms with Crippen molar-refractivity contribution in [3.63, 3.8) is 0 Å². The Morgan fingerprint density at radius 2 is 1.68 bits per heavy atom. The molecule has 1 N–H and O–H groups in total. The molecule has 8 nitrogen and oxygen atoms in total. The average molecular weight is 631 g/mol. The number of carbonyl (C=O) groups excluding carboxylic acids is 2. The number of rotatable bonds is 12. The molecule has 2 amide bonds. The predicted octanol–water partition coefficient (Wildman–Crippen LogP) is 5.29. The molecule has 0 unspecified atom stereocenters. The maximum absolute atomic E-state index is 14.0. The third kappa shape index (κ3) is 7.85. The van der Waals surface area contributed by atoms with Crippen LogP contribution in [0.25, 0.3) is 0 Å². The van der Waals surface area contributed by atoms with Crippen LogP contribution in [0.3, 0.4) is 0 Å². The fourth-order valence-corrected chi connectivity index (χ4v) is 5.81. The smallest absolute Gasteiger partial charge is 0.264 e. The van der Waals surface area contributed by atoms with Crippen molar-refractivity contribution in [1.29, 1.82) is 0 Å². The lowest BCUT2D eigenvalue weighted by Crippen LogP contribution is -2.52. The van der Waals surface area contributed by atoms with Crippen molar-refractivity contribution in [1.82, 2.24) is 10.2 Å². The third-order valence-corrected chi connectivity index (χ3v) is 8.92. The third-order valence-electron chi connectivity index (χ3n) is 6.64. The molecule has 40 heavy (non-hydrogen) atoms. The van der Waals surface area contributed by atoms with Crippen LogP contribution in [0, 0.1) is 6.92 Å². The molecule has 0 saturated heterocycles. The van der Waals surface area contributed by atoms with E-state index < -0.39 is 28.5 Å². The topological polar surface area (TPSA) is 96.0 Å². The van der Waals surface area contributed by atoms with Gasteiger partial charge < -0.3 is 15.0 Å². The molecular formula is C30H36BrN3O5S. The van der Waals surface area contributed by atoms with Crippen LogP contribution >= 0.6 is 15.9 Å². The molecule has 3 rings (SSSR count). The lowest BCUT2D eigenvalue weighted by molar-refractivity contribution is -0.139. The van der Waals surface area contributed by atoms with Gasteiger partial charge in [-0.25, -0.2) is 8.42 Å². The number of hydrogen-bond acceptors (Lipinski definition) is 5. The van der Waals surface area contributed by atoms with E-state index in [1.165, 1.54) is 17.0 Å². The Kier molecular flexibility index (Phi) is 10.8. The normalized spacial score (nSPS) is 12.8. The Labute approximate surface area is 245 Å². The van der Waals surface area contributed by atoms with Gasteiger partial charge in [-0.2, -0.15) is 0 Å². The highest BCUT2D eigenvalue weighted by molar-refractivity contribution is 9.10. The highest BCUT2D eigenvalue weighted by atomic mass is 79.9. The molecule has 0 aliphatic rings. The summed E-state index contributed by atoms with van der Waals surface area (Å²) in [5.74, 6) is -0.231. The molecule has 0 heterocycles. The van der Waals surface area contributed by atoms with E-state index in [0.717, 1.165) is 21.9 Å². The summed E-state index contributed by atoms with van der Waals surface area (Å²) < 4.78 is 34.9. The molecule has 3 aromatic rings. The standard InChI is InChI=1S/C30H36BrN3O5S/c1-6-22(3)32-30(36)23(4)33(19-24-9-7-12-27(17-24)39-5)29(35)20-34(26-11-8-10-25(31)18-26)40(37,38)28-15-13-21(2)14-16-28/h7-18,22-23H,6,19-20H2,1-5H3,(H,32,36)/t22-,23-/m1/s1. The summed E-state index contributed by atoms with van der Waals surface area (Å²) in [6.07, 6.45) is 0.730. The second-order valence-electron chi connectivity index (χ2n) is 9.67. The van der Waals surface area contributed by atoms with Crippen LogP contribution in [0.4, 0.5) is 5.69 Å². The van der Waals surface area contributed by atoms with Crippen LogP contribution in [0.15, 0.2) is 82.2 Å². The molecule has 0 fully saturated rings. The summed E-state index contributed by atoms with van der Waals surface area (Å²) in [5, 5.41) is 2.93. The van der Waals surface area contributed by atoms with E-state index in [-0.39, 0.29) is 23.4 Å². The molecule has 10 heteroatoms. The quantitative estimate of drug-likeness (QED) is 0.294. The highest BCUT2D eigenvalue weighted by Gasteiger charge is 2.33. The zero-order valence-corrected chi connectivity index (χ0v) is 25.8. The second kappa shape index (κ2) is 13.8. The lowest BCUT2D eigenvalue weighted by Gasteiger charge is -2.32. The van der Waals surface area contributed by atoms with E-state index in [0.29, 0.717) is 15.9 Å². The summed E-state index contributed by atoms with van der Waals surface area (Å²) in [6.45, 7) is 6.95. The number of aryl methyl sites for hydroxylation is 1. The fraction of sp³-hybridized carbons (Fsp3) is 0.333. The zero-order valence-electron chi connectivity index (χ0n) is 23.4. The number of carbonyl (C=O) groups is 2. The summed E-state index contributed by atoms with van der Waals surface area (Å²) in [7, 11) is -2.57. The Balaban J connectivity index is 2.03. The summed E-state index contributed by atoms with van der Waals surface area (Å²) in [6, 6.07) is 19.5. The molecule has 0 saturated carbocycles. The van der Waals surface area contributed by atoms with Crippen molar-refractivity contribution in [3.05, 3.63) is 88.4 Å². The van der Waals surface area contributed by atoms with Crippen molar-refractivity contribution in [2.75, 3.05) is 18.0 Å². The van der Waals surface area contributed by atoms with Gasteiger partial charge in [0.15, 0.2) is 0 Å². The van der Waals surface area contributed by atoms with E-state index in [9.17, 15) is 18.0 Å². The lowest BCUT2D eigenvalue weighted by atomic mass is 10.1. The molecule has 0 aromatic heterocycles. The van der Waals surface area contributed by atoms with Crippen LogP contribution in [-0.2, 0) is 26.2 Å². The molecule has 2 atom stereocenters. The van der Waals surface area contributed by atoms with Crippen molar-refractivity contribution in [2.24, 2.45) is 0 Å². The first kappa shape index (κ1) is 31.2. The van der Waals surface area contributed by atoms with Gasteiger partial charge in [0.25, 0.3) is 10.0 Å². The number of halogens is 1. The van der Waals surface area contributed by atoms with Crippen molar-refractivity contribution in [2.45, 2.75) is 57.6 Å². The number of anilines is 1. The van der Waals surface area contributed by atoms with Crippen LogP contribution < -0.4 is 14.4 Å². The number of amides is 2. The molecular weight excluding hydrogens is 594 g/mol. The SMILES string of the molecule is CC[C@@H](C)NC(=O)[C@@H](C)N(Cc1cccc(OC)c1)C(=O)CN(c1cccc(Br)c1)S(=O)(=O)c1ccc(C)cc1. The first-order valence-corrected chi connectivity index (χ1v) is 15.3. The number of hydrogen-bond donors (Lipinski definition) is 1. The Morgan fingerprint density at radius 1 is 1.00 bits per heavy atom. The minimum Gasteiger partial charge on any atom is -0.497 e. The van der Waals surface area contributed by atoms with Crippen LogP contribution in [0.1, 0.15) is 38.3 Å². The summed E-state index contributed by atoms with van der Waals surface area (Å²) >= 11 is 3.41.